The van der Waals surface area contributed by atoms with Crippen molar-refractivity contribution in [2.24, 2.45) is 0 Å². The number of phenolic OH excluding ortho intramolecular Hbond substituents is 1. The van der Waals surface area contributed by atoms with E-state index in [1.807, 2.05) is 31.2 Å². The lowest BCUT2D eigenvalue weighted by atomic mass is 10.1. The van der Waals surface area contributed by atoms with Gasteiger partial charge in [-0.15, -0.1) is 0 Å². The lowest BCUT2D eigenvalue weighted by Gasteiger charge is -2.10. The number of carbonyl (C=O) groups excluding carboxylic acids is 1. The molecule has 0 aromatic heterocycles. The summed E-state index contributed by atoms with van der Waals surface area (Å²) in [7, 11) is 0. The van der Waals surface area contributed by atoms with Crippen molar-refractivity contribution in [2.45, 2.75) is 13.3 Å². The molecule has 0 unspecified atom stereocenters. The molecule has 0 aliphatic carbocycles. The quantitative estimate of drug-likeness (QED) is 0.858. The first-order valence-electron chi connectivity index (χ1n) is 6.98. The van der Waals surface area contributed by atoms with Gasteiger partial charge in [-0.2, -0.15) is 0 Å². The van der Waals surface area contributed by atoms with Crippen LogP contribution in [0, 0.1) is 0 Å². The van der Waals surface area contributed by atoms with Crippen molar-refractivity contribution in [3.8, 4) is 11.5 Å². The molecule has 0 bridgehead atoms. The summed E-state index contributed by atoms with van der Waals surface area (Å²) in [5, 5.41) is 12.1. The van der Waals surface area contributed by atoms with Crippen LogP contribution in [0.15, 0.2) is 48.5 Å². The Morgan fingerprint density at radius 1 is 1.14 bits per heavy atom. The molecule has 0 aliphatic heterocycles. The SMILES string of the molecule is CCOc1ccccc1C(=O)NCCc1ccc(O)cc1. The second-order valence-electron chi connectivity index (χ2n) is 4.60. The van der Waals surface area contributed by atoms with Crippen LogP contribution < -0.4 is 10.1 Å². The molecule has 0 saturated heterocycles. The summed E-state index contributed by atoms with van der Waals surface area (Å²) in [6, 6.07) is 14.2. The van der Waals surface area contributed by atoms with E-state index < -0.39 is 0 Å². The first kappa shape index (κ1) is 14.9. The van der Waals surface area contributed by atoms with Crippen LogP contribution in [-0.2, 0) is 6.42 Å². The third kappa shape index (κ3) is 4.24. The van der Waals surface area contributed by atoms with E-state index in [4.69, 9.17) is 4.74 Å². The number of carbonyl (C=O) groups is 1. The van der Waals surface area contributed by atoms with Crippen molar-refractivity contribution in [2.75, 3.05) is 13.2 Å². The lowest BCUT2D eigenvalue weighted by molar-refractivity contribution is 0.0950. The van der Waals surface area contributed by atoms with Gasteiger partial charge in [0.05, 0.1) is 12.2 Å². The van der Waals surface area contributed by atoms with Gasteiger partial charge in [-0.25, -0.2) is 0 Å². The van der Waals surface area contributed by atoms with Crippen LogP contribution in [0.25, 0.3) is 0 Å². The Hall–Kier alpha value is -2.49. The normalized spacial score (nSPS) is 10.1. The molecular weight excluding hydrogens is 266 g/mol. The van der Waals surface area contributed by atoms with E-state index in [9.17, 15) is 9.90 Å². The maximum absolute atomic E-state index is 12.2. The Bertz CT molecular complexity index is 593. The zero-order valence-corrected chi connectivity index (χ0v) is 12.0. The first-order chi connectivity index (χ1) is 10.2. The summed E-state index contributed by atoms with van der Waals surface area (Å²) in [5.41, 5.74) is 1.61. The molecule has 110 valence electrons. The Kier molecular flexibility index (Phi) is 5.21. The molecule has 4 heteroatoms. The zero-order chi connectivity index (χ0) is 15.1. The molecule has 0 saturated carbocycles. The van der Waals surface area contributed by atoms with Crippen molar-refractivity contribution in [3.05, 3.63) is 59.7 Å². The van der Waals surface area contributed by atoms with Crippen LogP contribution >= 0.6 is 0 Å². The molecule has 0 aliphatic rings. The van der Waals surface area contributed by atoms with Crippen molar-refractivity contribution >= 4 is 5.91 Å². The average Bonchev–Trinajstić information content (AvgIpc) is 2.50. The van der Waals surface area contributed by atoms with E-state index in [0.717, 1.165) is 5.56 Å². The summed E-state index contributed by atoms with van der Waals surface area (Å²) >= 11 is 0. The van der Waals surface area contributed by atoms with Gasteiger partial charge in [-0.3, -0.25) is 4.79 Å². The van der Waals surface area contributed by atoms with Gasteiger partial charge < -0.3 is 15.2 Å². The smallest absolute Gasteiger partial charge is 0.255 e. The molecule has 21 heavy (non-hydrogen) atoms. The fraction of sp³-hybridized carbons (Fsp3) is 0.235. The number of nitrogens with one attached hydrogen (secondary N) is 1. The number of benzene rings is 2. The number of ether oxygens (including phenoxy) is 1. The second-order valence-corrected chi connectivity index (χ2v) is 4.60. The molecule has 2 rings (SSSR count). The second kappa shape index (κ2) is 7.33. The van der Waals surface area contributed by atoms with Crippen LogP contribution in [-0.4, -0.2) is 24.2 Å². The van der Waals surface area contributed by atoms with Gasteiger partial charge >= 0.3 is 0 Å². The number of amides is 1. The molecule has 2 aromatic carbocycles. The van der Waals surface area contributed by atoms with Gasteiger partial charge in [0.15, 0.2) is 0 Å². The number of phenols is 1. The Morgan fingerprint density at radius 2 is 1.86 bits per heavy atom. The highest BCUT2D eigenvalue weighted by atomic mass is 16.5. The van der Waals surface area contributed by atoms with Gasteiger partial charge in [0.2, 0.25) is 0 Å². The topological polar surface area (TPSA) is 58.6 Å². The highest BCUT2D eigenvalue weighted by Gasteiger charge is 2.10. The van der Waals surface area contributed by atoms with E-state index in [-0.39, 0.29) is 11.7 Å². The molecule has 0 heterocycles. The zero-order valence-electron chi connectivity index (χ0n) is 12.0. The van der Waals surface area contributed by atoms with E-state index in [1.54, 1.807) is 24.3 Å². The number of hydrogen-bond acceptors (Lipinski definition) is 3. The summed E-state index contributed by atoms with van der Waals surface area (Å²) in [6.07, 6.45) is 0.711. The number of para-hydroxylation sites is 1. The Labute approximate surface area is 124 Å². The monoisotopic (exact) mass is 285 g/mol. The van der Waals surface area contributed by atoms with Crippen molar-refractivity contribution < 1.29 is 14.6 Å². The molecule has 0 fully saturated rings. The van der Waals surface area contributed by atoms with Crippen molar-refractivity contribution in [3.63, 3.8) is 0 Å². The first-order valence-corrected chi connectivity index (χ1v) is 6.98. The van der Waals surface area contributed by atoms with Gasteiger partial charge in [0, 0.05) is 6.54 Å². The molecule has 2 aromatic rings. The summed E-state index contributed by atoms with van der Waals surface area (Å²) in [5.74, 6) is 0.702. The lowest BCUT2D eigenvalue weighted by Crippen LogP contribution is -2.26. The number of aromatic hydroxyl groups is 1. The predicted octanol–water partition coefficient (Wildman–Crippen LogP) is 2.76. The highest BCUT2D eigenvalue weighted by molar-refractivity contribution is 5.96. The van der Waals surface area contributed by atoms with Crippen LogP contribution in [0.4, 0.5) is 0 Å². The van der Waals surface area contributed by atoms with Gasteiger partial charge in [0.25, 0.3) is 5.91 Å². The largest absolute Gasteiger partial charge is 0.508 e. The van der Waals surface area contributed by atoms with Gasteiger partial charge in [0.1, 0.15) is 11.5 Å². The van der Waals surface area contributed by atoms with E-state index in [0.29, 0.717) is 30.9 Å². The molecule has 2 N–H and O–H groups in total. The minimum Gasteiger partial charge on any atom is -0.508 e. The van der Waals surface area contributed by atoms with E-state index in [2.05, 4.69) is 5.32 Å². The summed E-state index contributed by atoms with van der Waals surface area (Å²) < 4.78 is 5.45. The summed E-state index contributed by atoms with van der Waals surface area (Å²) in [4.78, 5) is 12.2. The average molecular weight is 285 g/mol. The van der Waals surface area contributed by atoms with Crippen LogP contribution in [0.2, 0.25) is 0 Å². The predicted molar refractivity (Wildman–Crippen MR) is 81.8 cm³/mol. The molecular formula is C17H19NO3. The highest BCUT2D eigenvalue weighted by Crippen LogP contribution is 2.17. The minimum absolute atomic E-state index is 0.141. The van der Waals surface area contributed by atoms with Gasteiger partial charge in [-0.1, -0.05) is 24.3 Å². The molecule has 0 radical (unpaired) electrons. The molecule has 0 spiro atoms. The fourth-order valence-corrected chi connectivity index (χ4v) is 2.01. The van der Waals surface area contributed by atoms with Crippen molar-refractivity contribution in [1.29, 1.82) is 0 Å². The van der Waals surface area contributed by atoms with Crippen LogP contribution in [0.3, 0.4) is 0 Å². The number of hydrogen-bond donors (Lipinski definition) is 2. The summed E-state index contributed by atoms with van der Waals surface area (Å²) in [6.45, 7) is 2.95. The standard InChI is InChI=1S/C17H19NO3/c1-2-21-16-6-4-3-5-15(16)17(20)18-12-11-13-7-9-14(19)10-8-13/h3-10,19H,2,11-12H2,1H3,(H,18,20). The van der Waals surface area contributed by atoms with Crippen molar-refractivity contribution in [1.82, 2.24) is 5.32 Å². The van der Waals surface area contributed by atoms with Crippen LogP contribution in [0.1, 0.15) is 22.8 Å². The van der Waals surface area contributed by atoms with E-state index >= 15 is 0 Å². The Balaban J connectivity index is 1.91. The Morgan fingerprint density at radius 3 is 2.57 bits per heavy atom. The molecule has 4 nitrogen and oxygen atoms in total. The molecule has 1 amide bonds. The number of rotatable bonds is 6. The fourth-order valence-electron chi connectivity index (χ4n) is 2.01. The molecule has 0 atom stereocenters. The third-order valence-electron chi connectivity index (χ3n) is 3.07. The van der Waals surface area contributed by atoms with Crippen LogP contribution in [0.5, 0.6) is 11.5 Å². The maximum atomic E-state index is 12.2. The third-order valence-corrected chi connectivity index (χ3v) is 3.07. The van der Waals surface area contributed by atoms with Gasteiger partial charge in [-0.05, 0) is 43.2 Å². The maximum Gasteiger partial charge on any atom is 0.255 e. The minimum atomic E-state index is -0.141. The van der Waals surface area contributed by atoms with E-state index in [1.165, 1.54) is 0 Å².